The van der Waals surface area contributed by atoms with E-state index in [-0.39, 0.29) is 0 Å². The maximum absolute atomic E-state index is 5.86. The molecule has 0 aliphatic heterocycles. The SMILES string of the molecule is C(/C=C/c1cn(Cc2ccccc2)nn1)=N/Nc1ncnc2c1oc1ccccc12. The first-order valence-corrected chi connectivity index (χ1v) is 9.39. The van der Waals surface area contributed by atoms with Crippen LogP contribution in [0.3, 0.4) is 0 Å². The highest BCUT2D eigenvalue weighted by molar-refractivity contribution is 6.05. The van der Waals surface area contributed by atoms with Crippen molar-refractivity contribution in [1.82, 2.24) is 25.0 Å². The lowest BCUT2D eigenvalue weighted by Crippen LogP contribution is -1.99. The van der Waals surface area contributed by atoms with Crippen LogP contribution in [0.1, 0.15) is 11.3 Å². The smallest absolute Gasteiger partial charge is 0.197 e. The van der Waals surface area contributed by atoms with Crippen molar-refractivity contribution >= 4 is 40.2 Å². The van der Waals surface area contributed by atoms with E-state index in [4.69, 9.17) is 4.42 Å². The van der Waals surface area contributed by atoms with Gasteiger partial charge in [0.2, 0.25) is 0 Å². The minimum Gasteiger partial charge on any atom is -0.450 e. The van der Waals surface area contributed by atoms with E-state index in [0.29, 0.717) is 17.9 Å². The van der Waals surface area contributed by atoms with Crippen molar-refractivity contribution in [3.05, 3.63) is 84.5 Å². The van der Waals surface area contributed by atoms with Crippen molar-refractivity contribution < 1.29 is 4.42 Å². The standard InChI is InChI=1S/C22H17N7O/c1-2-7-16(8-3-1)13-29-14-17(26-28-29)9-6-12-25-27-22-21-20(23-15-24-22)18-10-4-5-11-19(18)30-21/h1-12,14-15H,13H2,(H,23,24,27)/b9-6+,25-12-. The van der Waals surface area contributed by atoms with Crippen molar-refractivity contribution in [2.75, 3.05) is 5.43 Å². The lowest BCUT2D eigenvalue weighted by atomic mass is 10.2. The molecule has 1 N–H and O–H groups in total. The van der Waals surface area contributed by atoms with Gasteiger partial charge in [-0.25, -0.2) is 14.6 Å². The predicted octanol–water partition coefficient (Wildman–Crippen LogP) is 4.13. The Labute approximate surface area is 171 Å². The number of hydrogen-bond donors (Lipinski definition) is 1. The molecule has 2 aromatic carbocycles. The van der Waals surface area contributed by atoms with Gasteiger partial charge in [-0.05, 0) is 29.8 Å². The summed E-state index contributed by atoms with van der Waals surface area (Å²) in [6, 6.07) is 17.9. The third kappa shape index (κ3) is 3.66. The van der Waals surface area contributed by atoms with Crippen LogP contribution in [0.25, 0.3) is 28.1 Å². The van der Waals surface area contributed by atoms with Gasteiger partial charge in [0.15, 0.2) is 11.4 Å². The summed E-state index contributed by atoms with van der Waals surface area (Å²) in [6.45, 7) is 0.679. The molecule has 0 saturated heterocycles. The van der Waals surface area contributed by atoms with Gasteiger partial charge in [-0.1, -0.05) is 47.7 Å². The summed E-state index contributed by atoms with van der Waals surface area (Å²) >= 11 is 0. The summed E-state index contributed by atoms with van der Waals surface area (Å²) in [5, 5.41) is 13.4. The highest BCUT2D eigenvalue weighted by atomic mass is 16.3. The number of rotatable bonds is 6. The van der Waals surface area contributed by atoms with Gasteiger partial charge in [-0.15, -0.1) is 5.10 Å². The van der Waals surface area contributed by atoms with Gasteiger partial charge < -0.3 is 4.42 Å². The zero-order valence-corrected chi connectivity index (χ0v) is 15.9. The third-order valence-electron chi connectivity index (χ3n) is 4.50. The van der Waals surface area contributed by atoms with Crippen molar-refractivity contribution in [3.63, 3.8) is 0 Å². The molecule has 0 bridgehead atoms. The first-order valence-electron chi connectivity index (χ1n) is 9.39. The van der Waals surface area contributed by atoms with Crippen LogP contribution in [0.4, 0.5) is 5.82 Å². The second-order valence-electron chi connectivity index (χ2n) is 6.57. The zero-order chi connectivity index (χ0) is 20.2. The number of fused-ring (bicyclic) bond motifs is 3. The molecule has 5 aromatic rings. The Balaban J connectivity index is 1.25. The quantitative estimate of drug-likeness (QED) is 0.343. The molecule has 3 aromatic heterocycles. The van der Waals surface area contributed by atoms with E-state index >= 15 is 0 Å². The van der Waals surface area contributed by atoms with Gasteiger partial charge in [0.25, 0.3) is 0 Å². The summed E-state index contributed by atoms with van der Waals surface area (Å²) in [6.07, 6.45) is 8.60. The minimum absolute atomic E-state index is 0.509. The van der Waals surface area contributed by atoms with Crippen LogP contribution in [0.2, 0.25) is 0 Å². The fraction of sp³-hybridized carbons (Fsp3) is 0.0455. The van der Waals surface area contributed by atoms with Gasteiger partial charge in [-0.2, -0.15) is 5.10 Å². The van der Waals surface area contributed by atoms with Gasteiger partial charge in [-0.3, -0.25) is 5.43 Å². The molecule has 0 unspecified atom stereocenters. The van der Waals surface area contributed by atoms with Gasteiger partial charge in [0, 0.05) is 11.6 Å². The molecular weight excluding hydrogens is 378 g/mol. The van der Waals surface area contributed by atoms with Crippen LogP contribution >= 0.6 is 0 Å². The molecule has 0 amide bonds. The minimum atomic E-state index is 0.509. The highest BCUT2D eigenvalue weighted by Gasteiger charge is 2.11. The summed E-state index contributed by atoms with van der Waals surface area (Å²) < 4.78 is 7.66. The zero-order valence-electron chi connectivity index (χ0n) is 15.9. The van der Waals surface area contributed by atoms with Crippen LogP contribution in [-0.4, -0.2) is 31.2 Å². The van der Waals surface area contributed by atoms with Crippen LogP contribution in [0, 0.1) is 0 Å². The van der Waals surface area contributed by atoms with Gasteiger partial charge in [0.1, 0.15) is 23.1 Å². The highest BCUT2D eigenvalue weighted by Crippen LogP contribution is 2.30. The fourth-order valence-corrected chi connectivity index (χ4v) is 3.12. The monoisotopic (exact) mass is 395 g/mol. The molecular formula is C22H17N7O. The van der Waals surface area contributed by atoms with Crippen molar-refractivity contribution in [1.29, 1.82) is 0 Å². The number of nitrogens with one attached hydrogen (secondary N) is 1. The molecule has 0 spiro atoms. The molecule has 0 saturated carbocycles. The largest absolute Gasteiger partial charge is 0.450 e. The number of nitrogens with zero attached hydrogens (tertiary/aromatic N) is 6. The van der Waals surface area contributed by atoms with Gasteiger partial charge >= 0.3 is 0 Å². The van der Waals surface area contributed by atoms with Crippen LogP contribution in [0.15, 0.2) is 82.7 Å². The van der Waals surface area contributed by atoms with Crippen molar-refractivity contribution in [3.8, 4) is 0 Å². The molecule has 0 radical (unpaired) electrons. The number of hydrogen-bond acceptors (Lipinski definition) is 7. The molecule has 3 heterocycles. The molecule has 0 aliphatic carbocycles. The Morgan fingerprint density at radius 1 is 1.03 bits per heavy atom. The molecule has 8 nitrogen and oxygen atoms in total. The average Bonchev–Trinajstić information content (AvgIpc) is 3.39. The second-order valence-corrected chi connectivity index (χ2v) is 6.57. The first kappa shape index (κ1) is 17.7. The van der Waals surface area contributed by atoms with Crippen LogP contribution in [-0.2, 0) is 6.54 Å². The number of hydrazone groups is 1. The average molecular weight is 395 g/mol. The van der Waals surface area contributed by atoms with E-state index in [1.807, 2.05) is 54.7 Å². The Morgan fingerprint density at radius 2 is 1.90 bits per heavy atom. The molecule has 0 aliphatic rings. The fourth-order valence-electron chi connectivity index (χ4n) is 3.12. The summed E-state index contributed by atoms with van der Waals surface area (Å²) in [5.74, 6) is 0.509. The third-order valence-corrected chi connectivity index (χ3v) is 4.50. The maximum atomic E-state index is 5.86. The molecule has 5 rings (SSSR count). The van der Waals surface area contributed by atoms with E-state index in [1.54, 1.807) is 17.0 Å². The number of benzene rings is 2. The molecule has 8 heteroatoms. The Bertz CT molecular complexity index is 1350. The lowest BCUT2D eigenvalue weighted by Gasteiger charge is -1.98. The van der Waals surface area contributed by atoms with E-state index < -0.39 is 0 Å². The van der Waals surface area contributed by atoms with E-state index in [2.05, 4.69) is 42.9 Å². The molecule has 0 atom stereocenters. The van der Waals surface area contributed by atoms with E-state index in [9.17, 15) is 0 Å². The second kappa shape index (κ2) is 7.96. The number of para-hydroxylation sites is 1. The number of anilines is 1. The Hall–Kier alpha value is -4.33. The van der Waals surface area contributed by atoms with Crippen molar-refractivity contribution in [2.45, 2.75) is 6.54 Å². The molecule has 146 valence electrons. The molecule has 0 fully saturated rings. The Morgan fingerprint density at radius 3 is 2.83 bits per heavy atom. The van der Waals surface area contributed by atoms with E-state index in [0.717, 1.165) is 22.2 Å². The first-order chi connectivity index (χ1) is 14.9. The normalized spacial score (nSPS) is 11.9. The topological polar surface area (TPSA) is 94.0 Å². The van der Waals surface area contributed by atoms with Crippen LogP contribution < -0.4 is 5.43 Å². The number of furan rings is 1. The summed E-state index contributed by atoms with van der Waals surface area (Å²) in [4.78, 5) is 8.54. The Kier molecular flexibility index (Phi) is 4.71. The maximum Gasteiger partial charge on any atom is 0.197 e. The summed E-state index contributed by atoms with van der Waals surface area (Å²) in [7, 11) is 0. The van der Waals surface area contributed by atoms with Gasteiger partial charge in [0.05, 0.1) is 12.7 Å². The number of aromatic nitrogens is 5. The summed E-state index contributed by atoms with van der Waals surface area (Å²) in [5.41, 5.74) is 6.91. The molecule has 30 heavy (non-hydrogen) atoms. The lowest BCUT2D eigenvalue weighted by molar-refractivity contribution is 0.649. The van der Waals surface area contributed by atoms with Crippen LogP contribution in [0.5, 0.6) is 0 Å². The predicted molar refractivity (Wildman–Crippen MR) is 116 cm³/mol. The van der Waals surface area contributed by atoms with E-state index in [1.165, 1.54) is 11.9 Å². The number of allylic oxidation sites excluding steroid dienone is 1. The van der Waals surface area contributed by atoms with Crippen molar-refractivity contribution in [2.24, 2.45) is 5.10 Å².